The first kappa shape index (κ1) is 21.2. The van der Waals surface area contributed by atoms with Gasteiger partial charge in [0.05, 0.1) is 26.1 Å². The molecule has 3 rings (SSSR count). The van der Waals surface area contributed by atoms with Crippen molar-refractivity contribution in [2.45, 2.75) is 6.92 Å². The van der Waals surface area contributed by atoms with Crippen LogP contribution < -0.4 is 15.2 Å². The molecule has 0 saturated heterocycles. The minimum atomic E-state index is -0.250. The third kappa shape index (κ3) is 4.27. The zero-order chi connectivity index (χ0) is 21.6. The van der Waals surface area contributed by atoms with Crippen LogP contribution in [0.5, 0.6) is 11.5 Å². The molecule has 0 saturated carbocycles. The predicted molar refractivity (Wildman–Crippen MR) is 108 cm³/mol. The van der Waals surface area contributed by atoms with Gasteiger partial charge in [0.2, 0.25) is 0 Å². The van der Waals surface area contributed by atoms with E-state index in [1.54, 1.807) is 31.2 Å². The molecule has 0 aliphatic heterocycles. The van der Waals surface area contributed by atoms with Crippen molar-refractivity contribution in [1.29, 1.82) is 5.26 Å². The van der Waals surface area contributed by atoms with Crippen LogP contribution in [0.25, 0.3) is 22.4 Å². The summed E-state index contributed by atoms with van der Waals surface area (Å²) in [5.74, 6) is 1.47. The number of ether oxygens (including phenoxy) is 2. The number of nitriles is 1. The van der Waals surface area contributed by atoms with Gasteiger partial charge in [-0.2, -0.15) is 10.4 Å². The van der Waals surface area contributed by atoms with Crippen LogP contribution in [0.3, 0.4) is 0 Å². The predicted octanol–water partition coefficient (Wildman–Crippen LogP) is 2.63. The lowest BCUT2D eigenvalue weighted by molar-refractivity contribution is -0.122. The second-order valence-electron chi connectivity index (χ2n) is 5.87. The van der Waals surface area contributed by atoms with Crippen molar-refractivity contribution in [3.63, 3.8) is 0 Å². The number of nitrogens with zero attached hydrogens (tertiary/aromatic N) is 4. The van der Waals surface area contributed by atoms with Crippen LogP contribution >= 0.6 is 0 Å². The monoisotopic (exact) mass is 395 g/mol. The fourth-order valence-electron chi connectivity index (χ4n) is 2.81. The van der Waals surface area contributed by atoms with Crippen LogP contribution in [0, 0.1) is 18.3 Å². The minimum Gasteiger partial charge on any atom is -0.497 e. The van der Waals surface area contributed by atoms with Crippen LogP contribution in [0.4, 0.5) is 5.82 Å². The molecule has 0 amide bonds. The van der Waals surface area contributed by atoms with Gasteiger partial charge in [-0.1, -0.05) is 0 Å². The van der Waals surface area contributed by atoms with E-state index in [0.717, 1.165) is 16.8 Å². The SMILES string of the molecule is COc1ccc(OC)c(-c2cc(-c3cnn(C)c3C)c(C#N)c(N)n2)c1.O=CO. The summed E-state index contributed by atoms with van der Waals surface area (Å²) >= 11 is 0. The number of aromatic nitrogens is 3. The van der Waals surface area contributed by atoms with Crippen LogP contribution in [0.2, 0.25) is 0 Å². The van der Waals surface area contributed by atoms with Crippen LogP contribution in [0.1, 0.15) is 11.3 Å². The van der Waals surface area contributed by atoms with Gasteiger partial charge in [-0.3, -0.25) is 9.48 Å². The van der Waals surface area contributed by atoms with Crippen molar-refractivity contribution in [3.05, 3.63) is 41.7 Å². The van der Waals surface area contributed by atoms with Gasteiger partial charge in [0, 0.05) is 29.4 Å². The summed E-state index contributed by atoms with van der Waals surface area (Å²) in [5.41, 5.74) is 10.2. The molecule has 9 nitrogen and oxygen atoms in total. The molecule has 0 radical (unpaired) electrons. The van der Waals surface area contributed by atoms with Gasteiger partial charge in [0.1, 0.15) is 28.9 Å². The molecule has 2 aromatic heterocycles. The van der Waals surface area contributed by atoms with E-state index in [2.05, 4.69) is 16.2 Å². The summed E-state index contributed by atoms with van der Waals surface area (Å²) in [6.07, 6.45) is 1.72. The molecule has 29 heavy (non-hydrogen) atoms. The Bertz CT molecular complexity index is 1070. The van der Waals surface area contributed by atoms with Crippen molar-refractivity contribution in [1.82, 2.24) is 14.8 Å². The Balaban J connectivity index is 0.000000941. The van der Waals surface area contributed by atoms with E-state index in [1.165, 1.54) is 0 Å². The molecule has 0 unspecified atom stereocenters. The smallest absolute Gasteiger partial charge is 0.290 e. The highest BCUT2D eigenvalue weighted by Crippen LogP contribution is 2.37. The fourth-order valence-corrected chi connectivity index (χ4v) is 2.81. The van der Waals surface area contributed by atoms with Gasteiger partial charge in [-0.05, 0) is 31.2 Å². The summed E-state index contributed by atoms with van der Waals surface area (Å²) in [7, 11) is 5.03. The number of hydrogen-bond donors (Lipinski definition) is 2. The molecule has 0 bridgehead atoms. The molecule has 0 atom stereocenters. The lowest BCUT2D eigenvalue weighted by Gasteiger charge is -2.13. The Morgan fingerprint density at radius 1 is 1.21 bits per heavy atom. The number of nitrogen functional groups attached to an aromatic ring is 1. The van der Waals surface area contributed by atoms with Crippen LogP contribution in [-0.4, -0.2) is 40.6 Å². The van der Waals surface area contributed by atoms with Gasteiger partial charge in [0.15, 0.2) is 0 Å². The van der Waals surface area contributed by atoms with E-state index < -0.39 is 0 Å². The van der Waals surface area contributed by atoms with Gasteiger partial charge in [0.25, 0.3) is 6.47 Å². The van der Waals surface area contributed by atoms with Gasteiger partial charge in [-0.25, -0.2) is 4.98 Å². The van der Waals surface area contributed by atoms with E-state index in [1.807, 2.05) is 32.2 Å². The molecule has 0 fully saturated rings. The van der Waals surface area contributed by atoms with Gasteiger partial charge in [-0.15, -0.1) is 0 Å². The molecule has 9 heteroatoms. The van der Waals surface area contributed by atoms with E-state index in [9.17, 15) is 5.26 Å². The Morgan fingerprint density at radius 2 is 1.90 bits per heavy atom. The summed E-state index contributed by atoms with van der Waals surface area (Å²) in [5, 5.41) is 20.7. The number of rotatable bonds is 4. The second-order valence-corrected chi connectivity index (χ2v) is 5.87. The van der Waals surface area contributed by atoms with E-state index in [4.69, 9.17) is 25.1 Å². The topological polar surface area (TPSA) is 136 Å². The van der Waals surface area contributed by atoms with Crippen molar-refractivity contribution >= 4 is 12.3 Å². The number of pyridine rings is 1. The molecular formula is C20H21N5O4. The number of carboxylic acid groups (broad SMARTS) is 1. The summed E-state index contributed by atoms with van der Waals surface area (Å²) in [6.45, 7) is 1.69. The van der Waals surface area contributed by atoms with Crippen molar-refractivity contribution in [3.8, 4) is 40.0 Å². The maximum atomic E-state index is 9.56. The number of methoxy groups -OCH3 is 2. The molecule has 0 aliphatic carbocycles. The zero-order valence-corrected chi connectivity index (χ0v) is 16.5. The van der Waals surface area contributed by atoms with Crippen LogP contribution in [-0.2, 0) is 11.8 Å². The molecule has 0 spiro atoms. The molecule has 150 valence electrons. The average Bonchev–Trinajstić information content (AvgIpc) is 3.05. The molecule has 2 heterocycles. The number of anilines is 1. The maximum Gasteiger partial charge on any atom is 0.290 e. The molecule has 3 aromatic rings. The quantitative estimate of drug-likeness (QED) is 0.643. The maximum absolute atomic E-state index is 9.56. The van der Waals surface area contributed by atoms with Crippen molar-refractivity contribution in [2.75, 3.05) is 20.0 Å². The first-order chi connectivity index (χ1) is 13.9. The lowest BCUT2D eigenvalue weighted by Crippen LogP contribution is -2.01. The van der Waals surface area contributed by atoms with Crippen LogP contribution in [0.15, 0.2) is 30.5 Å². The third-order valence-corrected chi connectivity index (χ3v) is 4.37. The minimum absolute atomic E-state index is 0.160. The first-order valence-electron chi connectivity index (χ1n) is 8.41. The van der Waals surface area contributed by atoms with Crippen molar-refractivity contribution < 1.29 is 19.4 Å². The highest BCUT2D eigenvalue weighted by Gasteiger charge is 2.18. The van der Waals surface area contributed by atoms with E-state index >= 15 is 0 Å². The molecule has 3 N–H and O–H groups in total. The standard InChI is InChI=1S/C19H19N5O2.CH2O2/c1-11-16(10-22-24(11)2)13-8-17(23-19(21)15(13)9-20)14-7-12(25-3)5-6-18(14)26-4;2-1-3/h5-8,10H,1-4H3,(H2,21,23);1H,(H,2,3). The van der Waals surface area contributed by atoms with Gasteiger partial charge >= 0.3 is 0 Å². The average molecular weight is 395 g/mol. The highest BCUT2D eigenvalue weighted by molar-refractivity contribution is 5.82. The normalized spacial score (nSPS) is 9.76. The summed E-state index contributed by atoms with van der Waals surface area (Å²) < 4.78 is 12.5. The summed E-state index contributed by atoms with van der Waals surface area (Å²) in [6, 6.07) is 9.42. The zero-order valence-electron chi connectivity index (χ0n) is 16.5. The number of aryl methyl sites for hydroxylation is 1. The number of carbonyl (C=O) groups is 1. The summed E-state index contributed by atoms with van der Waals surface area (Å²) in [4.78, 5) is 12.8. The molecule has 1 aromatic carbocycles. The Morgan fingerprint density at radius 3 is 2.41 bits per heavy atom. The number of hydrogen-bond acceptors (Lipinski definition) is 7. The number of nitrogens with two attached hydrogens (primary N) is 1. The highest BCUT2D eigenvalue weighted by atomic mass is 16.5. The lowest BCUT2D eigenvalue weighted by atomic mass is 9.98. The van der Waals surface area contributed by atoms with Gasteiger partial charge < -0.3 is 20.3 Å². The van der Waals surface area contributed by atoms with E-state index in [0.29, 0.717) is 28.3 Å². The number of benzene rings is 1. The molecular weight excluding hydrogens is 374 g/mol. The molecule has 0 aliphatic rings. The Labute approximate surface area is 167 Å². The van der Waals surface area contributed by atoms with E-state index in [-0.39, 0.29) is 12.3 Å². The first-order valence-corrected chi connectivity index (χ1v) is 8.41. The second kappa shape index (κ2) is 9.23. The van der Waals surface area contributed by atoms with Crippen molar-refractivity contribution in [2.24, 2.45) is 7.05 Å². The third-order valence-electron chi connectivity index (χ3n) is 4.37. The Hall–Kier alpha value is -4.06. The largest absolute Gasteiger partial charge is 0.497 e. The Kier molecular flexibility index (Phi) is 6.76. The fraction of sp³-hybridized carbons (Fsp3) is 0.200.